The molecule has 0 atom stereocenters. The third-order valence-electron chi connectivity index (χ3n) is 1.48. The summed E-state index contributed by atoms with van der Waals surface area (Å²) in [5.74, 6) is 0. The first-order valence-corrected chi connectivity index (χ1v) is 6.31. The summed E-state index contributed by atoms with van der Waals surface area (Å²) in [6.07, 6.45) is 0. The Labute approximate surface area is 96.2 Å². The number of nitrogens with zero attached hydrogens (tertiary/aromatic N) is 1. The molecule has 2 N–H and O–H groups in total. The Morgan fingerprint density at radius 2 is 2.36 bits per heavy atom. The molecule has 2 aromatic heterocycles. The van der Waals surface area contributed by atoms with E-state index < -0.39 is 0 Å². The van der Waals surface area contributed by atoms with Crippen molar-refractivity contribution in [2.24, 2.45) is 0 Å². The lowest BCUT2D eigenvalue weighted by Crippen LogP contribution is -2.02. The molecule has 0 radical (unpaired) electrons. The van der Waals surface area contributed by atoms with E-state index in [2.05, 4.69) is 31.2 Å². The van der Waals surface area contributed by atoms with E-state index >= 15 is 0 Å². The average Bonchev–Trinajstić information content (AvgIpc) is 2.72. The Kier molecular flexibility index (Phi) is 2.99. The third-order valence-corrected chi connectivity index (χ3v) is 3.70. The molecule has 0 saturated heterocycles. The van der Waals surface area contributed by atoms with Gasteiger partial charge in [0.25, 0.3) is 0 Å². The zero-order valence-electron chi connectivity index (χ0n) is 6.91. The molecule has 0 aromatic carbocycles. The second kappa shape index (κ2) is 4.24. The summed E-state index contributed by atoms with van der Waals surface area (Å²) in [4.78, 5) is 17.7. The summed E-state index contributed by atoms with van der Waals surface area (Å²) < 4.78 is 0.823. The maximum absolute atomic E-state index is 10.8. The van der Waals surface area contributed by atoms with Gasteiger partial charge in [-0.05, 0) is 15.9 Å². The number of H-pyrrole nitrogens is 1. The Hall–Kier alpha value is -0.660. The standard InChI is InChI=1S/C7H6BrN3OS2/c8-5-3-13-6(11-5)9-1-4-2-14-7(12)10-4/h2-3H,1H2,(H,9,11)(H,10,12). The number of anilines is 1. The number of nitrogens with one attached hydrogen (secondary N) is 2. The van der Waals surface area contributed by atoms with Gasteiger partial charge in [-0.15, -0.1) is 11.3 Å². The van der Waals surface area contributed by atoms with Gasteiger partial charge in [0.2, 0.25) is 0 Å². The average molecular weight is 292 g/mol. The van der Waals surface area contributed by atoms with Crippen molar-refractivity contribution in [2.75, 3.05) is 5.32 Å². The minimum atomic E-state index is -0.0258. The third kappa shape index (κ3) is 2.43. The molecule has 2 rings (SSSR count). The van der Waals surface area contributed by atoms with E-state index in [9.17, 15) is 4.79 Å². The van der Waals surface area contributed by atoms with Gasteiger partial charge < -0.3 is 10.3 Å². The topological polar surface area (TPSA) is 57.8 Å². The maximum atomic E-state index is 10.8. The SMILES string of the molecule is O=c1[nH]c(CNc2nc(Br)cs2)cs1. The van der Waals surface area contributed by atoms with E-state index in [4.69, 9.17) is 0 Å². The molecule has 74 valence electrons. The van der Waals surface area contributed by atoms with E-state index in [0.717, 1.165) is 15.4 Å². The van der Waals surface area contributed by atoms with Crippen LogP contribution in [0.15, 0.2) is 20.2 Å². The normalized spacial score (nSPS) is 10.4. The molecule has 2 aromatic rings. The highest BCUT2D eigenvalue weighted by molar-refractivity contribution is 9.10. The predicted octanol–water partition coefficient (Wildman–Crippen LogP) is 2.27. The quantitative estimate of drug-likeness (QED) is 0.912. The van der Waals surface area contributed by atoms with Gasteiger partial charge in [-0.2, -0.15) is 0 Å². The number of hydrogen-bond acceptors (Lipinski definition) is 5. The first-order valence-electron chi connectivity index (χ1n) is 3.75. The van der Waals surface area contributed by atoms with Crippen molar-refractivity contribution in [3.05, 3.63) is 30.7 Å². The molecule has 0 unspecified atom stereocenters. The summed E-state index contributed by atoms with van der Waals surface area (Å²) >= 11 is 5.95. The number of halogens is 1. The largest absolute Gasteiger partial charge is 0.356 e. The minimum Gasteiger partial charge on any atom is -0.356 e. The van der Waals surface area contributed by atoms with Crippen LogP contribution in [0, 0.1) is 0 Å². The molecule has 0 bridgehead atoms. The molecule has 0 spiro atoms. The fourth-order valence-electron chi connectivity index (χ4n) is 0.907. The van der Waals surface area contributed by atoms with Crippen LogP contribution in [-0.2, 0) is 6.54 Å². The summed E-state index contributed by atoms with van der Waals surface area (Å²) in [6.45, 7) is 0.596. The van der Waals surface area contributed by atoms with Gasteiger partial charge in [-0.3, -0.25) is 4.79 Å². The van der Waals surface area contributed by atoms with Crippen molar-refractivity contribution in [3.8, 4) is 0 Å². The molecule has 0 fully saturated rings. The molecule has 0 aliphatic rings. The van der Waals surface area contributed by atoms with Crippen molar-refractivity contribution in [1.82, 2.24) is 9.97 Å². The van der Waals surface area contributed by atoms with Gasteiger partial charge in [0.05, 0.1) is 6.54 Å². The van der Waals surface area contributed by atoms with Crippen LogP contribution in [-0.4, -0.2) is 9.97 Å². The van der Waals surface area contributed by atoms with Gasteiger partial charge in [0.15, 0.2) is 5.13 Å². The minimum absolute atomic E-state index is 0.0258. The van der Waals surface area contributed by atoms with Gasteiger partial charge >= 0.3 is 4.87 Å². The number of aromatic amines is 1. The lowest BCUT2D eigenvalue weighted by atomic mass is 10.5. The number of aromatic nitrogens is 2. The number of thiazole rings is 2. The first kappa shape index (κ1) is 9.88. The van der Waals surface area contributed by atoms with Crippen LogP contribution in [0.5, 0.6) is 0 Å². The number of hydrogen-bond donors (Lipinski definition) is 2. The van der Waals surface area contributed by atoms with Gasteiger partial charge in [0, 0.05) is 16.5 Å². The molecule has 2 heterocycles. The Bertz CT molecular complexity index is 475. The van der Waals surface area contributed by atoms with Crippen molar-refractivity contribution in [2.45, 2.75) is 6.54 Å². The van der Waals surface area contributed by atoms with Crippen molar-refractivity contribution in [1.29, 1.82) is 0 Å². The van der Waals surface area contributed by atoms with Crippen LogP contribution >= 0.6 is 38.6 Å². The van der Waals surface area contributed by atoms with Crippen LogP contribution in [0.4, 0.5) is 5.13 Å². The van der Waals surface area contributed by atoms with Crippen molar-refractivity contribution < 1.29 is 0 Å². The van der Waals surface area contributed by atoms with Gasteiger partial charge in [-0.1, -0.05) is 11.3 Å². The Morgan fingerprint density at radius 3 is 2.93 bits per heavy atom. The van der Waals surface area contributed by atoms with E-state index in [1.54, 1.807) is 5.38 Å². The maximum Gasteiger partial charge on any atom is 0.304 e. The summed E-state index contributed by atoms with van der Waals surface area (Å²) in [5.41, 5.74) is 0.881. The highest BCUT2D eigenvalue weighted by Crippen LogP contribution is 2.19. The molecule has 0 saturated carbocycles. The lowest BCUT2D eigenvalue weighted by Gasteiger charge is -1.97. The van der Waals surface area contributed by atoms with Crippen LogP contribution in [0.3, 0.4) is 0 Å². The highest BCUT2D eigenvalue weighted by atomic mass is 79.9. The molecular weight excluding hydrogens is 286 g/mol. The Balaban J connectivity index is 1.98. The van der Waals surface area contributed by atoms with Crippen LogP contribution in [0.1, 0.15) is 5.69 Å². The molecular formula is C7H6BrN3OS2. The first-order chi connectivity index (χ1) is 6.74. The monoisotopic (exact) mass is 291 g/mol. The molecule has 14 heavy (non-hydrogen) atoms. The number of rotatable bonds is 3. The van der Waals surface area contributed by atoms with Crippen molar-refractivity contribution >= 4 is 43.7 Å². The highest BCUT2D eigenvalue weighted by Gasteiger charge is 2.00. The summed E-state index contributed by atoms with van der Waals surface area (Å²) in [7, 11) is 0. The molecule has 7 heteroatoms. The Morgan fingerprint density at radius 1 is 1.50 bits per heavy atom. The summed E-state index contributed by atoms with van der Waals surface area (Å²) in [5, 5.41) is 7.65. The molecule has 0 aliphatic carbocycles. The fraction of sp³-hybridized carbons (Fsp3) is 0.143. The van der Waals surface area contributed by atoms with Crippen molar-refractivity contribution in [3.63, 3.8) is 0 Å². The zero-order valence-corrected chi connectivity index (χ0v) is 10.1. The van der Waals surface area contributed by atoms with Crippen LogP contribution in [0.2, 0.25) is 0 Å². The summed E-state index contributed by atoms with van der Waals surface area (Å²) in [6, 6.07) is 0. The second-order valence-corrected chi connectivity index (χ2v) is 5.02. The van der Waals surface area contributed by atoms with E-state index in [-0.39, 0.29) is 4.87 Å². The van der Waals surface area contributed by atoms with Crippen LogP contribution in [0.25, 0.3) is 0 Å². The van der Waals surface area contributed by atoms with Gasteiger partial charge in [0.1, 0.15) is 4.60 Å². The zero-order chi connectivity index (χ0) is 9.97. The van der Waals surface area contributed by atoms with Crippen LogP contribution < -0.4 is 10.2 Å². The van der Waals surface area contributed by atoms with E-state index in [0.29, 0.717) is 6.54 Å². The molecule has 0 amide bonds. The second-order valence-electron chi connectivity index (χ2n) is 2.50. The van der Waals surface area contributed by atoms with E-state index in [1.807, 2.05) is 5.38 Å². The fourth-order valence-corrected chi connectivity index (χ4v) is 2.63. The molecule has 4 nitrogen and oxygen atoms in total. The lowest BCUT2D eigenvalue weighted by molar-refractivity contribution is 1.05. The van der Waals surface area contributed by atoms with Gasteiger partial charge in [-0.25, -0.2) is 4.98 Å². The molecule has 0 aliphatic heterocycles. The van der Waals surface area contributed by atoms with E-state index in [1.165, 1.54) is 22.7 Å². The predicted molar refractivity (Wildman–Crippen MR) is 62.1 cm³/mol. The smallest absolute Gasteiger partial charge is 0.304 e.